The molecule has 0 bridgehead atoms. The Morgan fingerprint density at radius 2 is 2.06 bits per heavy atom. The Morgan fingerprint density at radius 3 is 2.78 bits per heavy atom. The summed E-state index contributed by atoms with van der Waals surface area (Å²) < 4.78 is 5.90. The zero-order chi connectivity index (χ0) is 12.8. The van der Waals surface area contributed by atoms with Gasteiger partial charge >= 0.3 is 0 Å². The molecule has 1 saturated carbocycles. The van der Waals surface area contributed by atoms with Gasteiger partial charge in [0.05, 0.1) is 6.61 Å². The van der Waals surface area contributed by atoms with Crippen LogP contribution in [-0.4, -0.2) is 12.6 Å². The Kier molecular flexibility index (Phi) is 5.06. The zero-order valence-electron chi connectivity index (χ0n) is 11.6. The van der Waals surface area contributed by atoms with Crippen LogP contribution in [0.2, 0.25) is 0 Å². The van der Waals surface area contributed by atoms with E-state index >= 15 is 0 Å². The second-order valence-electron chi connectivity index (χ2n) is 5.65. The molecular weight excluding hydrogens is 222 g/mol. The van der Waals surface area contributed by atoms with E-state index in [9.17, 15) is 0 Å². The standard InChI is InChI=1S/C16H25NO/c1-13(2)6-5-11-18-16-8-4-3-7-14(16)12-17-15-9-10-15/h3-4,7-8,13,15,17H,5-6,9-12H2,1-2H3. The first-order valence-corrected chi connectivity index (χ1v) is 7.20. The van der Waals surface area contributed by atoms with Crippen LogP contribution in [0.15, 0.2) is 24.3 Å². The van der Waals surface area contributed by atoms with Gasteiger partial charge in [-0.25, -0.2) is 0 Å². The highest BCUT2D eigenvalue weighted by Gasteiger charge is 2.20. The molecule has 2 heteroatoms. The van der Waals surface area contributed by atoms with E-state index in [1.807, 2.05) is 0 Å². The summed E-state index contributed by atoms with van der Waals surface area (Å²) >= 11 is 0. The van der Waals surface area contributed by atoms with Crippen molar-refractivity contribution in [1.29, 1.82) is 0 Å². The van der Waals surface area contributed by atoms with Crippen LogP contribution in [0.25, 0.3) is 0 Å². The molecule has 0 spiro atoms. The minimum absolute atomic E-state index is 0.749. The lowest BCUT2D eigenvalue weighted by atomic mass is 10.1. The Morgan fingerprint density at radius 1 is 1.28 bits per heavy atom. The van der Waals surface area contributed by atoms with E-state index in [4.69, 9.17) is 4.74 Å². The molecule has 0 saturated heterocycles. The van der Waals surface area contributed by atoms with Gasteiger partial charge in [-0.2, -0.15) is 0 Å². The summed E-state index contributed by atoms with van der Waals surface area (Å²) in [6.07, 6.45) is 5.04. The zero-order valence-corrected chi connectivity index (χ0v) is 11.6. The fraction of sp³-hybridized carbons (Fsp3) is 0.625. The molecule has 0 aliphatic heterocycles. The van der Waals surface area contributed by atoms with E-state index in [2.05, 4.69) is 43.4 Å². The van der Waals surface area contributed by atoms with Crippen LogP contribution in [-0.2, 0) is 6.54 Å². The van der Waals surface area contributed by atoms with E-state index < -0.39 is 0 Å². The highest BCUT2D eigenvalue weighted by atomic mass is 16.5. The Balaban J connectivity index is 1.78. The smallest absolute Gasteiger partial charge is 0.123 e. The summed E-state index contributed by atoms with van der Waals surface area (Å²) in [6.45, 7) is 6.28. The van der Waals surface area contributed by atoms with Crippen molar-refractivity contribution in [3.63, 3.8) is 0 Å². The number of hydrogen-bond donors (Lipinski definition) is 1. The lowest BCUT2D eigenvalue weighted by Gasteiger charge is -2.12. The largest absolute Gasteiger partial charge is 0.493 e. The minimum atomic E-state index is 0.749. The molecule has 1 fully saturated rings. The van der Waals surface area contributed by atoms with Crippen LogP contribution >= 0.6 is 0 Å². The van der Waals surface area contributed by atoms with Crippen LogP contribution in [0.3, 0.4) is 0 Å². The molecule has 1 aromatic carbocycles. The van der Waals surface area contributed by atoms with Crippen molar-refractivity contribution in [1.82, 2.24) is 5.32 Å². The van der Waals surface area contributed by atoms with Gasteiger partial charge < -0.3 is 10.1 Å². The lowest BCUT2D eigenvalue weighted by Crippen LogP contribution is -2.16. The second kappa shape index (κ2) is 6.79. The summed E-state index contributed by atoms with van der Waals surface area (Å²) in [5, 5.41) is 3.54. The van der Waals surface area contributed by atoms with Crippen LogP contribution in [0.4, 0.5) is 0 Å². The first-order chi connectivity index (χ1) is 8.75. The van der Waals surface area contributed by atoms with Crippen molar-refractivity contribution in [2.75, 3.05) is 6.61 Å². The SMILES string of the molecule is CC(C)CCCOc1ccccc1CNC1CC1. The Labute approximate surface area is 111 Å². The van der Waals surface area contributed by atoms with Gasteiger partial charge in [0.25, 0.3) is 0 Å². The molecule has 0 amide bonds. The van der Waals surface area contributed by atoms with Crippen molar-refractivity contribution in [2.45, 2.75) is 52.1 Å². The van der Waals surface area contributed by atoms with Crippen molar-refractivity contribution in [3.8, 4) is 5.75 Å². The normalized spacial score (nSPS) is 15.1. The van der Waals surface area contributed by atoms with Gasteiger partial charge in [0, 0.05) is 18.2 Å². The summed E-state index contributed by atoms with van der Waals surface area (Å²) in [4.78, 5) is 0. The fourth-order valence-electron chi connectivity index (χ4n) is 2.01. The molecule has 2 rings (SSSR count). The van der Waals surface area contributed by atoms with Crippen molar-refractivity contribution in [2.24, 2.45) is 5.92 Å². The molecule has 1 aliphatic rings. The summed E-state index contributed by atoms with van der Waals surface area (Å²) in [7, 11) is 0. The first kappa shape index (κ1) is 13.4. The number of benzene rings is 1. The molecule has 0 unspecified atom stereocenters. The monoisotopic (exact) mass is 247 g/mol. The first-order valence-electron chi connectivity index (χ1n) is 7.20. The highest BCUT2D eigenvalue weighted by molar-refractivity contribution is 5.33. The van der Waals surface area contributed by atoms with E-state index in [1.165, 1.54) is 24.8 Å². The van der Waals surface area contributed by atoms with E-state index in [0.29, 0.717) is 0 Å². The van der Waals surface area contributed by atoms with Crippen LogP contribution < -0.4 is 10.1 Å². The molecule has 18 heavy (non-hydrogen) atoms. The van der Waals surface area contributed by atoms with E-state index in [0.717, 1.165) is 37.3 Å². The fourth-order valence-corrected chi connectivity index (χ4v) is 2.01. The summed E-state index contributed by atoms with van der Waals surface area (Å²) in [5.74, 6) is 1.81. The van der Waals surface area contributed by atoms with Gasteiger partial charge in [-0.3, -0.25) is 0 Å². The van der Waals surface area contributed by atoms with Crippen LogP contribution in [0, 0.1) is 5.92 Å². The number of para-hydroxylation sites is 1. The summed E-state index contributed by atoms with van der Waals surface area (Å²) in [6, 6.07) is 9.13. The lowest BCUT2D eigenvalue weighted by molar-refractivity contribution is 0.294. The third-order valence-electron chi connectivity index (χ3n) is 3.31. The number of hydrogen-bond acceptors (Lipinski definition) is 2. The quantitative estimate of drug-likeness (QED) is 0.706. The van der Waals surface area contributed by atoms with Crippen molar-refractivity contribution < 1.29 is 4.74 Å². The molecule has 0 heterocycles. The third-order valence-corrected chi connectivity index (χ3v) is 3.31. The van der Waals surface area contributed by atoms with Gasteiger partial charge in [0.2, 0.25) is 0 Å². The molecule has 100 valence electrons. The molecule has 1 aromatic rings. The van der Waals surface area contributed by atoms with Crippen LogP contribution in [0.5, 0.6) is 5.75 Å². The molecule has 0 radical (unpaired) electrons. The molecule has 0 atom stereocenters. The third kappa shape index (κ3) is 4.69. The molecule has 2 nitrogen and oxygen atoms in total. The molecule has 1 N–H and O–H groups in total. The number of nitrogens with one attached hydrogen (secondary N) is 1. The van der Waals surface area contributed by atoms with Gasteiger partial charge in [-0.15, -0.1) is 0 Å². The molecule has 1 aliphatic carbocycles. The van der Waals surface area contributed by atoms with E-state index in [-0.39, 0.29) is 0 Å². The predicted octanol–water partition coefficient (Wildman–Crippen LogP) is 3.75. The van der Waals surface area contributed by atoms with E-state index in [1.54, 1.807) is 0 Å². The van der Waals surface area contributed by atoms with Crippen molar-refractivity contribution >= 4 is 0 Å². The Hall–Kier alpha value is -1.02. The molecule has 0 aromatic heterocycles. The van der Waals surface area contributed by atoms with Crippen LogP contribution in [0.1, 0.15) is 45.1 Å². The van der Waals surface area contributed by atoms with Gasteiger partial charge in [-0.05, 0) is 37.7 Å². The minimum Gasteiger partial charge on any atom is -0.493 e. The van der Waals surface area contributed by atoms with Crippen molar-refractivity contribution in [3.05, 3.63) is 29.8 Å². The average Bonchev–Trinajstić information content (AvgIpc) is 3.17. The number of ether oxygens (including phenoxy) is 1. The maximum absolute atomic E-state index is 5.90. The number of rotatable bonds is 8. The second-order valence-corrected chi connectivity index (χ2v) is 5.65. The maximum Gasteiger partial charge on any atom is 0.123 e. The summed E-state index contributed by atoms with van der Waals surface area (Å²) in [5.41, 5.74) is 1.29. The van der Waals surface area contributed by atoms with Gasteiger partial charge in [0.1, 0.15) is 5.75 Å². The Bertz CT molecular complexity index is 358. The predicted molar refractivity (Wildman–Crippen MR) is 75.9 cm³/mol. The molecular formula is C16H25NO. The topological polar surface area (TPSA) is 21.3 Å². The maximum atomic E-state index is 5.90. The van der Waals surface area contributed by atoms with Gasteiger partial charge in [-0.1, -0.05) is 32.0 Å². The average molecular weight is 247 g/mol. The van der Waals surface area contributed by atoms with Gasteiger partial charge in [0.15, 0.2) is 0 Å². The highest BCUT2D eigenvalue weighted by Crippen LogP contribution is 2.22.